The van der Waals surface area contributed by atoms with Gasteiger partial charge in [-0.3, -0.25) is 4.79 Å². The van der Waals surface area contributed by atoms with Crippen molar-refractivity contribution in [3.8, 4) is 0 Å². The third-order valence-corrected chi connectivity index (χ3v) is 4.09. The minimum absolute atomic E-state index is 0.00619. The van der Waals surface area contributed by atoms with Crippen LogP contribution in [0.25, 0.3) is 0 Å². The molecule has 0 bridgehead atoms. The Balaban J connectivity index is 2.43. The van der Waals surface area contributed by atoms with Gasteiger partial charge in [0.25, 0.3) is 5.91 Å². The van der Waals surface area contributed by atoms with Gasteiger partial charge in [-0.05, 0) is 38.3 Å². The van der Waals surface area contributed by atoms with Crippen LogP contribution in [-0.4, -0.2) is 34.0 Å². The summed E-state index contributed by atoms with van der Waals surface area (Å²) in [5, 5.41) is 9.38. The quantitative estimate of drug-likeness (QED) is 0.913. The fourth-order valence-electron chi connectivity index (χ4n) is 2.51. The van der Waals surface area contributed by atoms with Gasteiger partial charge in [0.2, 0.25) is 0 Å². The molecule has 0 aliphatic carbocycles. The van der Waals surface area contributed by atoms with Crippen molar-refractivity contribution < 1.29 is 19.1 Å². The molecule has 1 atom stereocenters. The minimum Gasteiger partial charge on any atom is -0.480 e. The Morgan fingerprint density at radius 1 is 1.40 bits per heavy atom. The summed E-state index contributed by atoms with van der Waals surface area (Å²) in [6.45, 7) is 1.77. The van der Waals surface area contributed by atoms with Gasteiger partial charge in [-0.25, -0.2) is 9.18 Å². The number of halogens is 2. The number of benzene rings is 1. The van der Waals surface area contributed by atoms with Crippen LogP contribution in [0.4, 0.5) is 4.39 Å². The molecule has 1 saturated heterocycles. The number of hydrogen-bond acceptors (Lipinski definition) is 2. The van der Waals surface area contributed by atoms with Crippen molar-refractivity contribution >= 4 is 23.5 Å². The second-order valence-corrected chi connectivity index (χ2v) is 5.50. The number of aliphatic carboxylic acids is 1. The summed E-state index contributed by atoms with van der Waals surface area (Å²) in [6.07, 6.45) is 1.76. The molecule has 1 fully saturated rings. The molecule has 1 amide bonds. The standard InChI is InChI=1S/C14H15ClFNO3/c1-14(13(19)20)7-2-3-8-17(14)12(18)11-9(15)5-4-6-10(11)16/h4-6H,2-3,7-8H2,1H3,(H,19,20). The van der Waals surface area contributed by atoms with Crippen molar-refractivity contribution in [2.75, 3.05) is 6.54 Å². The smallest absolute Gasteiger partial charge is 0.329 e. The maximum atomic E-state index is 13.8. The first-order chi connectivity index (χ1) is 9.38. The fraction of sp³-hybridized carbons (Fsp3) is 0.429. The number of piperidine rings is 1. The molecule has 6 heteroatoms. The lowest BCUT2D eigenvalue weighted by Crippen LogP contribution is -2.57. The lowest BCUT2D eigenvalue weighted by molar-refractivity contribution is -0.150. The molecule has 2 rings (SSSR count). The summed E-state index contributed by atoms with van der Waals surface area (Å²) in [5.41, 5.74) is -1.58. The Hall–Kier alpha value is -1.62. The van der Waals surface area contributed by atoms with Gasteiger partial charge in [0.1, 0.15) is 11.4 Å². The molecule has 1 unspecified atom stereocenters. The number of likely N-dealkylation sites (tertiary alicyclic amines) is 1. The Kier molecular flexibility index (Phi) is 3.99. The number of carbonyl (C=O) groups excluding carboxylic acids is 1. The van der Waals surface area contributed by atoms with Crippen LogP contribution in [0.2, 0.25) is 5.02 Å². The molecule has 108 valence electrons. The highest BCUT2D eigenvalue weighted by Gasteiger charge is 2.44. The van der Waals surface area contributed by atoms with Crippen LogP contribution in [-0.2, 0) is 4.79 Å². The first-order valence-electron chi connectivity index (χ1n) is 6.37. The van der Waals surface area contributed by atoms with Crippen molar-refractivity contribution in [1.82, 2.24) is 4.90 Å². The van der Waals surface area contributed by atoms with E-state index in [0.717, 1.165) is 12.5 Å². The van der Waals surface area contributed by atoms with Crippen molar-refractivity contribution in [1.29, 1.82) is 0 Å². The average Bonchev–Trinajstić information content (AvgIpc) is 2.38. The number of carbonyl (C=O) groups is 2. The largest absolute Gasteiger partial charge is 0.480 e. The number of hydrogen-bond donors (Lipinski definition) is 1. The first kappa shape index (κ1) is 14.8. The van der Waals surface area contributed by atoms with Crippen LogP contribution in [0.5, 0.6) is 0 Å². The summed E-state index contributed by atoms with van der Waals surface area (Å²) in [7, 11) is 0. The van der Waals surface area contributed by atoms with E-state index < -0.39 is 23.2 Å². The summed E-state index contributed by atoms with van der Waals surface area (Å²) in [6, 6.07) is 3.96. The monoisotopic (exact) mass is 299 g/mol. The highest BCUT2D eigenvalue weighted by Crippen LogP contribution is 2.31. The zero-order valence-electron chi connectivity index (χ0n) is 11.0. The average molecular weight is 300 g/mol. The zero-order valence-corrected chi connectivity index (χ0v) is 11.8. The highest BCUT2D eigenvalue weighted by atomic mass is 35.5. The van der Waals surface area contributed by atoms with E-state index in [0.29, 0.717) is 12.8 Å². The van der Waals surface area contributed by atoms with E-state index in [1.165, 1.54) is 24.0 Å². The molecule has 1 aromatic rings. The van der Waals surface area contributed by atoms with Gasteiger partial charge in [0.15, 0.2) is 0 Å². The molecule has 0 spiro atoms. The predicted octanol–water partition coefficient (Wildman–Crippen LogP) is 2.95. The third-order valence-electron chi connectivity index (χ3n) is 3.77. The molecule has 4 nitrogen and oxygen atoms in total. The number of carboxylic acids is 1. The van der Waals surface area contributed by atoms with Crippen LogP contribution in [0.15, 0.2) is 18.2 Å². The third kappa shape index (κ3) is 2.38. The molecule has 1 aliphatic rings. The molecular weight excluding hydrogens is 285 g/mol. The molecule has 0 saturated carbocycles. The molecule has 0 aromatic heterocycles. The van der Waals surface area contributed by atoms with Gasteiger partial charge in [0.05, 0.1) is 10.6 Å². The topological polar surface area (TPSA) is 57.6 Å². The number of carboxylic acid groups (broad SMARTS) is 1. The molecular formula is C14H15ClFNO3. The van der Waals surface area contributed by atoms with Crippen LogP contribution in [0, 0.1) is 5.82 Å². The Labute approximate surface area is 121 Å². The summed E-state index contributed by atoms with van der Waals surface area (Å²) < 4.78 is 13.8. The lowest BCUT2D eigenvalue weighted by Gasteiger charge is -2.41. The van der Waals surface area contributed by atoms with Gasteiger partial charge in [-0.2, -0.15) is 0 Å². The van der Waals surface area contributed by atoms with E-state index >= 15 is 0 Å². The van der Waals surface area contributed by atoms with E-state index in [4.69, 9.17) is 11.6 Å². The maximum Gasteiger partial charge on any atom is 0.329 e. The highest BCUT2D eigenvalue weighted by molar-refractivity contribution is 6.33. The van der Waals surface area contributed by atoms with Gasteiger partial charge >= 0.3 is 5.97 Å². The Morgan fingerprint density at radius 2 is 2.10 bits per heavy atom. The van der Waals surface area contributed by atoms with Crippen molar-refractivity contribution in [2.45, 2.75) is 31.7 Å². The van der Waals surface area contributed by atoms with Crippen molar-refractivity contribution in [3.05, 3.63) is 34.6 Å². The van der Waals surface area contributed by atoms with E-state index in [-0.39, 0.29) is 17.1 Å². The number of rotatable bonds is 2. The van der Waals surface area contributed by atoms with Gasteiger partial charge in [0, 0.05) is 6.54 Å². The van der Waals surface area contributed by atoms with Crippen LogP contribution in [0.3, 0.4) is 0 Å². The first-order valence-corrected chi connectivity index (χ1v) is 6.75. The zero-order chi connectivity index (χ0) is 14.9. The van der Waals surface area contributed by atoms with Crippen LogP contribution < -0.4 is 0 Å². The maximum absolute atomic E-state index is 13.8. The molecule has 20 heavy (non-hydrogen) atoms. The molecule has 0 radical (unpaired) electrons. The van der Waals surface area contributed by atoms with E-state index in [2.05, 4.69) is 0 Å². The van der Waals surface area contributed by atoms with Crippen molar-refractivity contribution in [3.63, 3.8) is 0 Å². The fourth-order valence-corrected chi connectivity index (χ4v) is 2.75. The lowest BCUT2D eigenvalue weighted by atomic mass is 9.88. The van der Waals surface area contributed by atoms with Crippen LogP contribution >= 0.6 is 11.6 Å². The van der Waals surface area contributed by atoms with Gasteiger partial charge in [-0.1, -0.05) is 17.7 Å². The summed E-state index contributed by atoms with van der Waals surface area (Å²) >= 11 is 5.88. The SMILES string of the molecule is CC1(C(=O)O)CCCCN1C(=O)c1c(F)cccc1Cl. The van der Waals surface area contributed by atoms with Crippen LogP contribution in [0.1, 0.15) is 36.5 Å². The molecule has 1 aliphatic heterocycles. The van der Waals surface area contributed by atoms with Gasteiger partial charge in [-0.15, -0.1) is 0 Å². The number of nitrogens with zero attached hydrogens (tertiary/aromatic N) is 1. The van der Waals surface area contributed by atoms with Gasteiger partial charge < -0.3 is 10.0 Å². The Morgan fingerprint density at radius 3 is 2.70 bits per heavy atom. The van der Waals surface area contributed by atoms with E-state index in [1.54, 1.807) is 0 Å². The minimum atomic E-state index is -1.32. The van der Waals surface area contributed by atoms with E-state index in [1.807, 2.05) is 0 Å². The normalized spacial score (nSPS) is 22.6. The second kappa shape index (κ2) is 5.40. The summed E-state index contributed by atoms with van der Waals surface area (Å²) in [5.74, 6) is -2.49. The molecule has 1 heterocycles. The summed E-state index contributed by atoms with van der Waals surface area (Å²) in [4.78, 5) is 25.2. The predicted molar refractivity (Wildman–Crippen MR) is 72.3 cm³/mol. The second-order valence-electron chi connectivity index (χ2n) is 5.09. The number of amides is 1. The molecule has 1 N–H and O–H groups in total. The van der Waals surface area contributed by atoms with Crippen molar-refractivity contribution in [2.24, 2.45) is 0 Å². The van der Waals surface area contributed by atoms with E-state index in [9.17, 15) is 19.1 Å². The molecule has 1 aromatic carbocycles. The Bertz CT molecular complexity index is 543.